The highest BCUT2D eigenvalue weighted by Gasteiger charge is 2.42. The summed E-state index contributed by atoms with van der Waals surface area (Å²) >= 11 is 0. The van der Waals surface area contributed by atoms with E-state index in [1.807, 2.05) is 35.2 Å². The first kappa shape index (κ1) is 17.8. The van der Waals surface area contributed by atoms with E-state index < -0.39 is 31.0 Å². The Morgan fingerprint density at radius 3 is 2.61 bits per heavy atom. The molecule has 1 saturated heterocycles. The Morgan fingerprint density at radius 1 is 1.30 bits per heavy atom. The molecule has 1 aromatic carbocycles. The molecule has 5 nitrogen and oxygen atoms in total. The highest BCUT2D eigenvalue weighted by atomic mass is 19.1. The minimum atomic E-state index is -1.22. The van der Waals surface area contributed by atoms with Gasteiger partial charge in [0.1, 0.15) is 12.8 Å². The van der Waals surface area contributed by atoms with Gasteiger partial charge >= 0.3 is 0 Å². The van der Waals surface area contributed by atoms with E-state index in [-0.39, 0.29) is 5.91 Å². The summed E-state index contributed by atoms with van der Waals surface area (Å²) in [7, 11) is 0. The third-order valence-electron chi connectivity index (χ3n) is 4.41. The molecule has 1 aliphatic rings. The first-order valence-electron chi connectivity index (χ1n) is 8.06. The number of alkyl halides is 1. The first-order valence-corrected chi connectivity index (χ1v) is 8.06. The average Bonchev–Trinajstić information content (AvgIpc) is 2.58. The van der Waals surface area contributed by atoms with E-state index in [0.29, 0.717) is 25.9 Å². The monoisotopic (exact) mass is 324 g/mol. The van der Waals surface area contributed by atoms with Crippen molar-refractivity contribution >= 4 is 5.91 Å². The van der Waals surface area contributed by atoms with Crippen LogP contribution in [-0.4, -0.2) is 65.1 Å². The Labute approximate surface area is 136 Å². The number of nitrogens with one attached hydrogen (secondary N) is 1. The van der Waals surface area contributed by atoms with Crippen LogP contribution in [-0.2, 0) is 11.2 Å². The molecule has 1 fully saturated rings. The van der Waals surface area contributed by atoms with Crippen molar-refractivity contribution in [1.82, 2.24) is 10.2 Å². The molecule has 6 heteroatoms. The van der Waals surface area contributed by atoms with Gasteiger partial charge < -0.3 is 15.5 Å². The maximum absolute atomic E-state index is 13.3. The molecule has 0 aliphatic carbocycles. The zero-order chi connectivity index (χ0) is 16.8. The van der Waals surface area contributed by atoms with Gasteiger partial charge in [0.2, 0.25) is 5.91 Å². The summed E-state index contributed by atoms with van der Waals surface area (Å²) in [4.78, 5) is 13.4. The summed E-state index contributed by atoms with van der Waals surface area (Å²) in [5, 5.41) is 23.0. The Hall–Kier alpha value is -1.50. The largest absolute Gasteiger partial charge is 0.389 e. The molecule has 0 spiro atoms. The lowest BCUT2D eigenvalue weighted by molar-refractivity contribution is -0.129. The van der Waals surface area contributed by atoms with Gasteiger partial charge in [0, 0.05) is 19.5 Å². The predicted molar refractivity (Wildman–Crippen MR) is 85.7 cm³/mol. The van der Waals surface area contributed by atoms with Crippen LogP contribution in [0.15, 0.2) is 30.3 Å². The van der Waals surface area contributed by atoms with Gasteiger partial charge in [-0.1, -0.05) is 37.3 Å². The van der Waals surface area contributed by atoms with Gasteiger partial charge in [-0.25, -0.2) is 4.39 Å². The number of hydrogen-bond acceptors (Lipinski definition) is 4. The van der Waals surface area contributed by atoms with Gasteiger partial charge in [0.15, 0.2) is 0 Å². The van der Waals surface area contributed by atoms with Gasteiger partial charge in [-0.3, -0.25) is 9.69 Å². The highest BCUT2D eigenvalue weighted by molar-refractivity contribution is 5.75. The third kappa shape index (κ3) is 4.50. The van der Waals surface area contributed by atoms with Crippen molar-refractivity contribution < 1.29 is 19.4 Å². The van der Waals surface area contributed by atoms with Crippen molar-refractivity contribution in [1.29, 1.82) is 0 Å². The fraction of sp³-hybridized carbons (Fsp3) is 0.588. The Balaban J connectivity index is 2.03. The van der Waals surface area contributed by atoms with Crippen molar-refractivity contribution in [3.63, 3.8) is 0 Å². The molecule has 4 atom stereocenters. The molecular formula is C17H25FN2O3. The predicted octanol–water partition coefficient (Wildman–Crippen LogP) is 0.499. The maximum atomic E-state index is 13.3. The zero-order valence-electron chi connectivity index (χ0n) is 13.4. The van der Waals surface area contributed by atoms with Crippen LogP contribution in [0.5, 0.6) is 0 Å². The Bertz CT molecular complexity index is 500. The van der Waals surface area contributed by atoms with E-state index in [4.69, 9.17) is 0 Å². The number of aliphatic hydroxyl groups is 2. The van der Waals surface area contributed by atoms with E-state index in [9.17, 15) is 19.4 Å². The summed E-state index contributed by atoms with van der Waals surface area (Å²) in [6.45, 7) is 1.87. The fourth-order valence-electron chi connectivity index (χ4n) is 2.98. The minimum Gasteiger partial charge on any atom is -0.389 e. The van der Waals surface area contributed by atoms with E-state index >= 15 is 0 Å². The molecule has 128 valence electrons. The zero-order valence-corrected chi connectivity index (χ0v) is 13.4. The molecule has 0 saturated carbocycles. The molecular weight excluding hydrogens is 299 g/mol. The molecule has 0 bridgehead atoms. The highest BCUT2D eigenvalue weighted by Crippen LogP contribution is 2.20. The van der Waals surface area contributed by atoms with Gasteiger partial charge in [-0.15, -0.1) is 0 Å². The summed E-state index contributed by atoms with van der Waals surface area (Å²) in [6.07, 6.45) is -1.35. The second-order valence-corrected chi connectivity index (χ2v) is 5.96. The molecule has 4 unspecified atom stereocenters. The van der Waals surface area contributed by atoms with Crippen LogP contribution < -0.4 is 5.32 Å². The smallest absolute Gasteiger partial charge is 0.220 e. The molecule has 0 aromatic heterocycles. The lowest BCUT2D eigenvalue weighted by atomic mass is 9.92. The summed E-state index contributed by atoms with van der Waals surface area (Å²) in [6, 6.07) is 8.48. The van der Waals surface area contributed by atoms with Crippen LogP contribution in [0.1, 0.15) is 18.9 Å². The number of halogens is 1. The topological polar surface area (TPSA) is 72.8 Å². The number of benzene rings is 1. The third-order valence-corrected chi connectivity index (χ3v) is 4.41. The Morgan fingerprint density at radius 2 is 2.00 bits per heavy atom. The van der Waals surface area contributed by atoms with Crippen LogP contribution in [0.3, 0.4) is 0 Å². The molecule has 1 aliphatic heterocycles. The van der Waals surface area contributed by atoms with Crippen molar-refractivity contribution in [3.05, 3.63) is 35.9 Å². The number of aliphatic hydroxyl groups excluding tert-OH is 2. The second kappa shape index (κ2) is 8.38. The van der Waals surface area contributed by atoms with Crippen LogP contribution in [0.25, 0.3) is 0 Å². The number of likely N-dealkylation sites (tertiary alicyclic amines) is 1. The molecule has 2 rings (SSSR count). The van der Waals surface area contributed by atoms with Gasteiger partial charge in [-0.2, -0.15) is 0 Å². The number of rotatable bonds is 6. The molecule has 23 heavy (non-hydrogen) atoms. The van der Waals surface area contributed by atoms with Crippen molar-refractivity contribution in [2.24, 2.45) is 0 Å². The van der Waals surface area contributed by atoms with Crippen molar-refractivity contribution in [2.45, 2.75) is 44.1 Å². The van der Waals surface area contributed by atoms with E-state index in [0.717, 1.165) is 5.56 Å². The molecule has 1 aromatic rings. The average molecular weight is 324 g/mol. The van der Waals surface area contributed by atoms with Crippen LogP contribution in [0.2, 0.25) is 0 Å². The molecule has 3 N–H and O–H groups in total. The SMILES string of the molecule is CCC(=O)NC1CN(CCc2ccccc2)C(CF)C(O)C1O. The van der Waals surface area contributed by atoms with E-state index in [1.165, 1.54) is 0 Å². The van der Waals surface area contributed by atoms with Crippen LogP contribution >= 0.6 is 0 Å². The van der Waals surface area contributed by atoms with Crippen LogP contribution in [0.4, 0.5) is 4.39 Å². The van der Waals surface area contributed by atoms with Crippen LogP contribution in [0, 0.1) is 0 Å². The number of hydrogen-bond donors (Lipinski definition) is 3. The standard InChI is InChI=1S/C17H25FN2O3/c1-2-15(21)19-13-11-20(14(10-18)17(23)16(13)22)9-8-12-6-4-3-5-7-12/h3-7,13-14,16-17,22-23H,2,8-11H2,1H3,(H,19,21). The van der Waals surface area contributed by atoms with Crippen molar-refractivity contribution in [2.75, 3.05) is 19.8 Å². The minimum absolute atomic E-state index is 0.192. The number of piperidine rings is 1. The lowest BCUT2D eigenvalue weighted by Gasteiger charge is -2.44. The fourth-order valence-corrected chi connectivity index (χ4v) is 2.98. The number of carbonyl (C=O) groups is 1. The number of nitrogens with zero attached hydrogens (tertiary/aromatic N) is 1. The second-order valence-electron chi connectivity index (χ2n) is 5.96. The summed E-state index contributed by atoms with van der Waals surface area (Å²) in [5.41, 5.74) is 1.12. The van der Waals surface area contributed by atoms with Gasteiger partial charge in [0.25, 0.3) is 0 Å². The van der Waals surface area contributed by atoms with E-state index in [1.54, 1.807) is 6.92 Å². The summed E-state index contributed by atoms with van der Waals surface area (Å²) < 4.78 is 13.3. The lowest BCUT2D eigenvalue weighted by Crippen LogP contribution is -2.66. The molecule has 1 heterocycles. The van der Waals surface area contributed by atoms with Gasteiger partial charge in [-0.05, 0) is 12.0 Å². The van der Waals surface area contributed by atoms with E-state index in [2.05, 4.69) is 5.32 Å². The normalized spacial score (nSPS) is 28.5. The number of carbonyl (C=O) groups excluding carboxylic acids is 1. The van der Waals surface area contributed by atoms with Gasteiger partial charge in [0.05, 0.1) is 18.2 Å². The maximum Gasteiger partial charge on any atom is 0.220 e. The molecule has 1 amide bonds. The van der Waals surface area contributed by atoms with Crippen molar-refractivity contribution in [3.8, 4) is 0 Å². The summed E-state index contributed by atoms with van der Waals surface area (Å²) in [5.74, 6) is -0.192. The number of amides is 1. The molecule has 0 radical (unpaired) electrons. The quantitative estimate of drug-likeness (QED) is 0.712. The Kier molecular flexibility index (Phi) is 6.50. The first-order chi connectivity index (χ1) is 11.1.